The fourth-order valence-corrected chi connectivity index (χ4v) is 2.69. The summed E-state index contributed by atoms with van der Waals surface area (Å²) in [6.07, 6.45) is 1.52. The van der Waals surface area contributed by atoms with E-state index in [-0.39, 0.29) is 11.8 Å². The number of piperazine rings is 1. The number of para-hydroxylation sites is 2. The molecule has 1 aromatic carbocycles. The van der Waals surface area contributed by atoms with Crippen molar-refractivity contribution < 1.29 is 9.59 Å². The first kappa shape index (κ1) is 15.4. The molecule has 0 aliphatic carbocycles. The van der Waals surface area contributed by atoms with Crippen LogP contribution in [0.2, 0.25) is 0 Å². The molecule has 1 heterocycles. The van der Waals surface area contributed by atoms with Crippen molar-refractivity contribution in [2.75, 3.05) is 23.9 Å². The number of nitrogens with zero attached hydrogens (tertiary/aromatic N) is 2. The van der Waals surface area contributed by atoms with Gasteiger partial charge in [0, 0.05) is 14.1 Å². The summed E-state index contributed by atoms with van der Waals surface area (Å²) in [6.45, 7) is 3.78. The Kier molecular flexibility index (Phi) is 4.50. The van der Waals surface area contributed by atoms with Gasteiger partial charge in [-0.2, -0.15) is 0 Å². The van der Waals surface area contributed by atoms with Crippen molar-refractivity contribution in [3.05, 3.63) is 24.3 Å². The Morgan fingerprint density at radius 1 is 1.24 bits per heavy atom. The van der Waals surface area contributed by atoms with Gasteiger partial charge in [0.15, 0.2) is 0 Å². The lowest BCUT2D eigenvalue weighted by Gasteiger charge is -2.38. The highest BCUT2D eigenvalue weighted by molar-refractivity contribution is 6.09. The maximum Gasteiger partial charge on any atom is 0.250 e. The van der Waals surface area contributed by atoms with Crippen LogP contribution in [0, 0.1) is 0 Å². The van der Waals surface area contributed by atoms with E-state index in [2.05, 4.69) is 5.32 Å². The van der Waals surface area contributed by atoms with Gasteiger partial charge in [0.05, 0.1) is 11.4 Å². The average Bonchev–Trinajstić information content (AvgIpc) is 2.45. The smallest absolute Gasteiger partial charge is 0.250 e. The van der Waals surface area contributed by atoms with Gasteiger partial charge in [-0.1, -0.05) is 25.5 Å². The van der Waals surface area contributed by atoms with Gasteiger partial charge < -0.3 is 10.2 Å². The molecule has 0 aromatic heterocycles. The third-order valence-electron chi connectivity index (χ3n) is 3.82. The van der Waals surface area contributed by atoms with E-state index in [4.69, 9.17) is 0 Å². The van der Waals surface area contributed by atoms with Crippen molar-refractivity contribution in [1.29, 1.82) is 0 Å². The number of amides is 2. The second kappa shape index (κ2) is 6.16. The lowest BCUT2D eigenvalue weighted by Crippen LogP contribution is -2.62. The first-order valence-electron chi connectivity index (χ1n) is 7.37. The second-order valence-corrected chi connectivity index (χ2v) is 5.62. The largest absolute Gasteiger partial charge is 0.376 e. The van der Waals surface area contributed by atoms with Crippen molar-refractivity contribution in [2.45, 2.75) is 38.8 Å². The average molecular weight is 289 g/mol. The predicted octanol–water partition coefficient (Wildman–Crippen LogP) is 1.77. The van der Waals surface area contributed by atoms with E-state index in [0.717, 1.165) is 17.8 Å². The monoisotopic (exact) mass is 289 g/mol. The summed E-state index contributed by atoms with van der Waals surface area (Å²) in [6, 6.07) is 6.76. The van der Waals surface area contributed by atoms with E-state index in [1.807, 2.05) is 50.2 Å². The molecule has 0 bridgehead atoms. The number of benzene rings is 1. The van der Waals surface area contributed by atoms with Crippen molar-refractivity contribution in [2.24, 2.45) is 0 Å². The summed E-state index contributed by atoms with van der Waals surface area (Å²) in [4.78, 5) is 28.5. The highest BCUT2D eigenvalue weighted by Crippen LogP contribution is 2.31. The Hall–Kier alpha value is -2.04. The number of carbonyl (C=O) groups excluding carboxylic acids is 2. The SMILES string of the molecule is CCCC1NC(=O)C(C)N(c2ccccc2N(C)C)C1=O. The van der Waals surface area contributed by atoms with Gasteiger partial charge in [0.25, 0.3) is 0 Å². The fraction of sp³-hybridized carbons (Fsp3) is 0.500. The van der Waals surface area contributed by atoms with Crippen LogP contribution >= 0.6 is 0 Å². The first-order valence-corrected chi connectivity index (χ1v) is 7.37. The van der Waals surface area contributed by atoms with Crippen LogP contribution < -0.4 is 15.1 Å². The van der Waals surface area contributed by atoms with Crippen LogP contribution in [0.25, 0.3) is 0 Å². The van der Waals surface area contributed by atoms with E-state index in [9.17, 15) is 9.59 Å². The van der Waals surface area contributed by atoms with E-state index in [1.54, 1.807) is 11.8 Å². The van der Waals surface area contributed by atoms with Gasteiger partial charge in [-0.15, -0.1) is 0 Å². The zero-order valence-electron chi connectivity index (χ0n) is 13.1. The molecule has 2 rings (SSSR count). The van der Waals surface area contributed by atoms with Crippen LogP contribution in [-0.4, -0.2) is 38.0 Å². The van der Waals surface area contributed by atoms with Gasteiger partial charge in [0.2, 0.25) is 11.8 Å². The summed E-state index contributed by atoms with van der Waals surface area (Å²) >= 11 is 0. The second-order valence-electron chi connectivity index (χ2n) is 5.62. The Morgan fingerprint density at radius 3 is 2.52 bits per heavy atom. The molecule has 0 spiro atoms. The molecular formula is C16H23N3O2. The number of hydrogen-bond donors (Lipinski definition) is 1. The number of hydrogen-bond acceptors (Lipinski definition) is 3. The summed E-state index contributed by atoms with van der Waals surface area (Å²) in [5.41, 5.74) is 1.72. The molecule has 1 fully saturated rings. The van der Waals surface area contributed by atoms with Crippen LogP contribution in [0.3, 0.4) is 0 Å². The standard InChI is InChI=1S/C16H23N3O2/c1-5-8-12-16(21)19(11(2)15(20)17-12)14-10-7-6-9-13(14)18(3)4/h6-7,9-12H,5,8H2,1-4H3,(H,17,20). The maximum atomic E-state index is 12.7. The Morgan fingerprint density at radius 2 is 1.90 bits per heavy atom. The Bertz CT molecular complexity index is 542. The van der Waals surface area contributed by atoms with E-state index < -0.39 is 12.1 Å². The van der Waals surface area contributed by atoms with Crippen LogP contribution in [0.5, 0.6) is 0 Å². The van der Waals surface area contributed by atoms with Crippen LogP contribution in [-0.2, 0) is 9.59 Å². The molecule has 1 aliphatic heterocycles. The third kappa shape index (κ3) is 2.86. The molecular weight excluding hydrogens is 266 g/mol. The molecule has 21 heavy (non-hydrogen) atoms. The minimum Gasteiger partial charge on any atom is -0.376 e. The number of carbonyl (C=O) groups is 2. The van der Waals surface area contributed by atoms with Gasteiger partial charge in [-0.05, 0) is 25.5 Å². The lowest BCUT2D eigenvalue weighted by molar-refractivity contribution is -0.133. The molecule has 0 radical (unpaired) electrons. The van der Waals surface area contributed by atoms with Gasteiger partial charge >= 0.3 is 0 Å². The van der Waals surface area contributed by atoms with Crippen LogP contribution in [0.4, 0.5) is 11.4 Å². The molecule has 0 saturated carbocycles. The molecule has 1 aliphatic rings. The zero-order chi connectivity index (χ0) is 15.6. The molecule has 1 aromatic rings. The van der Waals surface area contributed by atoms with Crippen molar-refractivity contribution >= 4 is 23.2 Å². The quantitative estimate of drug-likeness (QED) is 0.919. The number of anilines is 2. The summed E-state index contributed by atoms with van der Waals surface area (Å²) in [5.74, 6) is -0.125. The molecule has 114 valence electrons. The molecule has 2 atom stereocenters. The van der Waals surface area contributed by atoms with Gasteiger partial charge in [-0.25, -0.2) is 0 Å². The molecule has 5 heteroatoms. The molecule has 2 unspecified atom stereocenters. The predicted molar refractivity (Wildman–Crippen MR) is 84.6 cm³/mol. The third-order valence-corrected chi connectivity index (χ3v) is 3.82. The van der Waals surface area contributed by atoms with Gasteiger partial charge in [0.1, 0.15) is 12.1 Å². The number of rotatable bonds is 4. The normalized spacial score (nSPS) is 22.2. The van der Waals surface area contributed by atoms with Crippen molar-refractivity contribution in [3.8, 4) is 0 Å². The van der Waals surface area contributed by atoms with Crippen molar-refractivity contribution in [1.82, 2.24) is 5.32 Å². The van der Waals surface area contributed by atoms with E-state index in [1.165, 1.54) is 0 Å². The Balaban J connectivity index is 2.44. The molecule has 5 nitrogen and oxygen atoms in total. The van der Waals surface area contributed by atoms with Crippen LogP contribution in [0.1, 0.15) is 26.7 Å². The minimum absolute atomic E-state index is 0.0294. The topological polar surface area (TPSA) is 52.7 Å². The highest BCUT2D eigenvalue weighted by atomic mass is 16.2. The minimum atomic E-state index is -0.494. The lowest BCUT2D eigenvalue weighted by atomic mass is 10.0. The number of nitrogens with one attached hydrogen (secondary N) is 1. The Labute approximate surface area is 125 Å². The molecule has 1 N–H and O–H groups in total. The van der Waals surface area contributed by atoms with E-state index in [0.29, 0.717) is 6.42 Å². The summed E-state index contributed by atoms with van der Waals surface area (Å²) in [5, 5.41) is 2.82. The van der Waals surface area contributed by atoms with Crippen molar-refractivity contribution in [3.63, 3.8) is 0 Å². The maximum absolute atomic E-state index is 12.7. The fourth-order valence-electron chi connectivity index (χ4n) is 2.69. The van der Waals surface area contributed by atoms with Gasteiger partial charge in [-0.3, -0.25) is 14.5 Å². The molecule has 2 amide bonds. The zero-order valence-corrected chi connectivity index (χ0v) is 13.1. The molecule has 1 saturated heterocycles. The first-order chi connectivity index (χ1) is 9.97. The summed E-state index contributed by atoms with van der Waals surface area (Å²) < 4.78 is 0. The van der Waals surface area contributed by atoms with Crippen LogP contribution in [0.15, 0.2) is 24.3 Å². The van der Waals surface area contributed by atoms with E-state index >= 15 is 0 Å². The highest BCUT2D eigenvalue weighted by Gasteiger charge is 2.39. The summed E-state index contributed by atoms with van der Waals surface area (Å²) in [7, 11) is 3.86.